The van der Waals surface area contributed by atoms with Gasteiger partial charge in [-0.15, -0.1) is 0 Å². The Morgan fingerprint density at radius 1 is 1.16 bits per heavy atom. The monoisotopic (exact) mass is 346 g/mol. The highest BCUT2D eigenvalue weighted by Crippen LogP contribution is 2.21. The lowest BCUT2D eigenvalue weighted by Gasteiger charge is -2.15. The lowest BCUT2D eigenvalue weighted by Crippen LogP contribution is -2.19. The zero-order chi connectivity index (χ0) is 18.3. The zero-order valence-electron chi connectivity index (χ0n) is 15.2. The van der Waals surface area contributed by atoms with Crippen LogP contribution in [0.3, 0.4) is 0 Å². The molecule has 1 aromatic heterocycles. The van der Waals surface area contributed by atoms with Gasteiger partial charge in [-0.1, -0.05) is 20.8 Å². The summed E-state index contributed by atoms with van der Waals surface area (Å²) < 4.78 is 10.4. The number of urea groups is 1. The van der Waals surface area contributed by atoms with Gasteiger partial charge in [-0.2, -0.15) is 5.10 Å². The summed E-state index contributed by atoms with van der Waals surface area (Å²) in [6.45, 7) is 7.46. The number of methoxy groups -OCH3 is 1. The number of nitrogens with one attached hydrogen (secondary N) is 3. The first-order valence-electron chi connectivity index (χ1n) is 8.20. The number of benzene rings is 1. The van der Waals surface area contributed by atoms with Crippen LogP contribution < -0.4 is 15.4 Å². The van der Waals surface area contributed by atoms with Crippen LogP contribution in [0.25, 0.3) is 0 Å². The number of hydrogen-bond acceptors (Lipinski definition) is 4. The van der Waals surface area contributed by atoms with Crippen LogP contribution in [0.2, 0.25) is 0 Å². The molecule has 0 aliphatic carbocycles. The highest BCUT2D eigenvalue weighted by Gasteiger charge is 2.14. The van der Waals surface area contributed by atoms with Crippen molar-refractivity contribution in [2.75, 3.05) is 31.0 Å². The molecule has 2 aromatic rings. The van der Waals surface area contributed by atoms with Gasteiger partial charge in [0.15, 0.2) is 5.82 Å². The van der Waals surface area contributed by atoms with Gasteiger partial charge in [0.1, 0.15) is 12.4 Å². The fourth-order valence-corrected chi connectivity index (χ4v) is 2.24. The standard InChI is InChI=1S/C18H26N4O3/c1-18(2,3)12-14-11-16(22-21-14)20-17(23)19-13-5-7-15(8-6-13)25-10-9-24-4/h5-8,11H,9-10,12H2,1-4H3,(H3,19,20,21,22,23). The van der Waals surface area contributed by atoms with Crippen LogP contribution in [0, 0.1) is 5.41 Å². The third kappa shape index (κ3) is 6.84. The predicted octanol–water partition coefficient (Wildman–Crippen LogP) is 3.67. The highest BCUT2D eigenvalue weighted by atomic mass is 16.5. The van der Waals surface area contributed by atoms with Gasteiger partial charge in [-0.3, -0.25) is 10.4 Å². The van der Waals surface area contributed by atoms with E-state index in [4.69, 9.17) is 9.47 Å². The molecular formula is C18H26N4O3. The van der Waals surface area contributed by atoms with Crippen LogP contribution in [-0.2, 0) is 11.2 Å². The van der Waals surface area contributed by atoms with Crippen LogP contribution >= 0.6 is 0 Å². The summed E-state index contributed by atoms with van der Waals surface area (Å²) in [4.78, 5) is 12.0. The molecule has 7 nitrogen and oxygen atoms in total. The van der Waals surface area contributed by atoms with Crippen molar-refractivity contribution in [2.45, 2.75) is 27.2 Å². The Balaban J connectivity index is 1.83. The van der Waals surface area contributed by atoms with Crippen molar-refractivity contribution in [3.8, 4) is 5.75 Å². The minimum Gasteiger partial charge on any atom is -0.491 e. The molecule has 136 valence electrons. The Bertz CT molecular complexity index is 674. The number of carbonyl (C=O) groups is 1. The molecule has 25 heavy (non-hydrogen) atoms. The molecule has 0 spiro atoms. The molecule has 0 aliphatic heterocycles. The summed E-state index contributed by atoms with van der Waals surface area (Å²) >= 11 is 0. The van der Waals surface area contributed by atoms with Crippen LogP contribution in [0.1, 0.15) is 26.5 Å². The molecule has 0 aliphatic rings. The first kappa shape index (κ1) is 18.8. The summed E-state index contributed by atoms with van der Waals surface area (Å²) in [5.41, 5.74) is 1.81. The fraction of sp³-hybridized carbons (Fsp3) is 0.444. The molecule has 1 aromatic carbocycles. The third-order valence-electron chi connectivity index (χ3n) is 3.26. The Hall–Kier alpha value is -2.54. The number of hydrogen-bond donors (Lipinski definition) is 3. The Labute approximate surface area is 148 Å². The van der Waals surface area contributed by atoms with Crippen LogP contribution in [0.4, 0.5) is 16.3 Å². The lowest BCUT2D eigenvalue weighted by molar-refractivity contribution is 0.146. The molecule has 0 fully saturated rings. The number of rotatable bonds is 7. The summed E-state index contributed by atoms with van der Waals surface area (Å²) in [7, 11) is 1.63. The van der Waals surface area contributed by atoms with E-state index < -0.39 is 0 Å². The van der Waals surface area contributed by atoms with Crippen molar-refractivity contribution in [2.24, 2.45) is 5.41 Å². The van der Waals surface area contributed by atoms with Gasteiger partial charge >= 0.3 is 6.03 Å². The molecule has 2 amide bonds. The molecule has 0 atom stereocenters. The van der Waals surface area contributed by atoms with E-state index in [2.05, 4.69) is 41.6 Å². The second-order valence-corrected chi connectivity index (χ2v) is 6.96. The van der Waals surface area contributed by atoms with E-state index in [0.29, 0.717) is 24.7 Å². The zero-order valence-corrected chi connectivity index (χ0v) is 15.2. The van der Waals surface area contributed by atoms with E-state index >= 15 is 0 Å². The number of aromatic nitrogens is 2. The fourth-order valence-electron chi connectivity index (χ4n) is 2.24. The van der Waals surface area contributed by atoms with Crippen LogP contribution in [0.15, 0.2) is 30.3 Å². The summed E-state index contributed by atoms with van der Waals surface area (Å²) in [5, 5.41) is 12.5. The van der Waals surface area contributed by atoms with E-state index in [1.54, 1.807) is 31.4 Å². The SMILES string of the molecule is COCCOc1ccc(NC(=O)Nc2cc(CC(C)(C)C)[nH]n2)cc1. The quantitative estimate of drug-likeness (QED) is 0.668. The van der Waals surface area contributed by atoms with Crippen molar-refractivity contribution < 1.29 is 14.3 Å². The molecule has 0 saturated carbocycles. The van der Waals surface area contributed by atoms with Gasteiger partial charge in [-0.05, 0) is 36.1 Å². The molecule has 3 N–H and O–H groups in total. The maximum Gasteiger partial charge on any atom is 0.324 e. The second kappa shape index (κ2) is 8.53. The molecule has 0 radical (unpaired) electrons. The molecule has 0 bridgehead atoms. The molecule has 0 saturated heterocycles. The van der Waals surface area contributed by atoms with Gasteiger partial charge in [0.25, 0.3) is 0 Å². The topological polar surface area (TPSA) is 88.3 Å². The van der Waals surface area contributed by atoms with Crippen molar-refractivity contribution in [1.82, 2.24) is 10.2 Å². The first-order valence-corrected chi connectivity index (χ1v) is 8.20. The highest BCUT2D eigenvalue weighted by molar-refractivity contribution is 5.99. The molecule has 7 heteroatoms. The maximum atomic E-state index is 12.0. The lowest BCUT2D eigenvalue weighted by atomic mass is 9.91. The predicted molar refractivity (Wildman–Crippen MR) is 98.2 cm³/mol. The van der Waals surface area contributed by atoms with Crippen molar-refractivity contribution >= 4 is 17.5 Å². The van der Waals surface area contributed by atoms with Gasteiger partial charge in [0, 0.05) is 24.6 Å². The van der Waals surface area contributed by atoms with Crippen molar-refractivity contribution in [1.29, 1.82) is 0 Å². The van der Waals surface area contributed by atoms with Crippen LogP contribution in [0.5, 0.6) is 5.75 Å². The van der Waals surface area contributed by atoms with Gasteiger partial charge in [0.2, 0.25) is 0 Å². The van der Waals surface area contributed by atoms with Gasteiger partial charge < -0.3 is 14.8 Å². The van der Waals surface area contributed by atoms with E-state index in [1.807, 2.05) is 6.07 Å². The Kier molecular flexibility index (Phi) is 6.41. The average Bonchev–Trinajstić information content (AvgIpc) is 2.94. The number of anilines is 2. The molecule has 1 heterocycles. The number of H-pyrrole nitrogens is 1. The summed E-state index contributed by atoms with van der Waals surface area (Å²) in [6.07, 6.45) is 0.855. The second-order valence-electron chi connectivity index (χ2n) is 6.96. The Morgan fingerprint density at radius 3 is 2.52 bits per heavy atom. The van der Waals surface area contributed by atoms with Crippen molar-refractivity contribution in [3.63, 3.8) is 0 Å². The number of carbonyl (C=O) groups excluding carboxylic acids is 1. The van der Waals surface area contributed by atoms with E-state index in [9.17, 15) is 4.79 Å². The minimum atomic E-state index is -0.345. The Morgan fingerprint density at radius 2 is 1.88 bits per heavy atom. The first-order chi connectivity index (χ1) is 11.9. The third-order valence-corrected chi connectivity index (χ3v) is 3.26. The number of nitrogens with zero attached hydrogens (tertiary/aromatic N) is 1. The molecular weight excluding hydrogens is 320 g/mol. The van der Waals surface area contributed by atoms with Crippen molar-refractivity contribution in [3.05, 3.63) is 36.0 Å². The number of amides is 2. The van der Waals surface area contributed by atoms with E-state index in [0.717, 1.165) is 17.9 Å². The number of ether oxygens (including phenoxy) is 2. The molecule has 0 unspecified atom stereocenters. The van der Waals surface area contributed by atoms with E-state index in [1.165, 1.54) is 0 Å². The van der Waals surface area contributed by atoms with Crippen LogP contribution in [-0.4, -0.2) is 36.6 Å². The minimum absolute atomic E-state index is 0.152. The average molecular weight is 346 g/mol. The smallest absolute Gasteiger partial charge is 0.324 e. The summed E-state index contributed by atoms with van der Waals surface area (Å²) in [5.74, 6) is 1.22. The number of aromatic amines is 1. The largest absolute Gasteiger partial charge is 0.491 e. The van der Waals surface area contributed by atoms with Gasteiger partial charge in [0.05, 0.1) is 6.61 Å². The normalized spacial score (nSPS) is 11.2. The molecule has 2 rings (SSSR count). The maximum absolute atomic E-state index is 12.0. The van der Waals surface area contributed by atoms with Gasteiger partial charge in [-0.25, -0.2) is 4.79 Å². The van der Waals surface area contributed by atoms with E-state index in [-0.39, 0.29) is 11.4 Å². The summed E-state index contributed by atoms with van der Waals surface area (Å²) in [6, 6.07) is 8.64.